The van der Waals surface area contributed by atoms with Crippen molar-refractivity contribution in [3.8, 4) is 11.1 Å². The Balaban J connectivity index is 1.23. The maximum Gasteiger partial charge on any atom is 0.240 e. The van der Waals surface area contributed by atoms with E-state index in [1.54, 1.807) is 12.1 Å². The summed E-state index contributed by atoms with van der Waals surface area (Å²) in [6.45, 7) is 6.04. The molecular formula is C25H29N3O2S. The van der Waals surface area contributed by atoms with Crippen LogP contribution >= 0.6 is 0 Å². The molecule has 1 fully saturated rings. The molecule has 0 atom stereocenters. The molecule has 1 saturated heterocycles. The van der Waals surface area contributed by atoms with Crippen molar-refractivity contribution >= 4 is 10.0 Å². The molecule has 1 N–H and O–H groups in total. The van der Waals surface area contributed by atoms with Crippen molar-refractivity contribution in [2.24, 2.45) is 0 Å². The minimum absolute atomic E-state index is 0.305. The van der Waals surface area contributed by atoms with Gasteiger partial charge in [-0.15, -0.1) is 0 Å². The molecule has 162 valence electrons. The zero-order chi connectivity index (χ0) is 21.5. The van der Waals surface area contributed by atoms with Crippen molar-refractivity contribution in [2.75, 3.05) is 39.3 Å². The summed E-state index contributed by atoms with van der Waals surface area (Å²) < 4.78 is 28.0. The van der Waals surface area contributed by atoms with E-state index in [-0.39, 0.29) is 0 Å². The third kappa shape index (κ3) is 6.02. The molecule has 31 heavy (non-hydrogen) atoms. The normalized spacial score (nSPS) is 15.7. The summed E-state index contributed by atoms with van der Waals surface area (Å²) in [7, 11) is -3.50. The van der Waals surface area contributed by atoms with Crippen molar-refractivity contribution in [1.29, 1.82) is 0 Å². The second-order valence-electron chi connectivity index (χ2n) is 7.89. The van der Waals surface area contributed by atoms with Gasteiger partial charge in [0.15, 0.2) is 0 Å². The van der Waals surface area contributed by atoms with Crippen molar-refractivity contribution < 1.29 is 8.42 Å². The topological polar surface area (TPSA) is 52.7 Å². The highest BCUT2D eigenvalue weighted by molar-refractivity contribution is 7.89. The van der Waals surface area contributed by atoms with Gasteiger partial charge in [0.2, 0.25) is 10.0 Å². The summed E-state index contributed by atoms with van der Waals surface area (Å²) in [5.74, 6) is 0. The Bertz CT molecular complexity index is 1050. The van der Waals surface area contributed by atoms with Gasteiger partial charge in [-0.05, 0) is 28.8 Å². The van der Waals surface area contributed by atoms with Gasteiger partial charge in [0.05, 0.1) is 4.90 Å². The van der Waals surface area contributed by atoms with Crippen molar-refractivity contribution in [1.82, 2.24) is 14.5 Å². The van der Waals surface area contributed by atoms with Crippen LogP contribution in [0.3, 0.4) is 0 Å². The Hall–Kier alpha value is -2.51. The predicted molar refractivity (Wildman–Crippen MR) is 125 cm³/mol. The van der Waals surface area contributed by atoms with Crippen LogP contribution in [0, 0.1) is 0 Å². The first kappa shape index (κ1) is 21.7. The van der Waals surface area contributed by atoms with Gasteiger partial charge >= 0.3 is 0 Å². The Kier molecular flexibility index (Phi) is 7.14. The highest BCUT2D eigenvalue weighted by Crippen LogP contribution is 2.20. The lowest BCUT2D eigenvalue weighted by Crippen LogP contribution is -2.48. The predicted octanol–water partition coefficient (Wildman–Crippen LogP) is 3.45. The van der Waals surface area contributed by atoms with Gasteiger partial charge in [0.25, 0.3) is 0 Å². The van der Waals surface area contributed by atoms with E-state index >= 15 is 0 Å². The monoisotopic (exact) mass is 435 g/mol. The molecule has 1 aliphatic heterocycles. The number of rotatable bonds is 8. The highest BCUT2D eigenvalue weighted by Gasteiger charge is 2.18. The quantitative estimate of drug-likeness (QED) is 0.589. The fraction of sp³-hybridized carbons (Fsp3) is 0.280. The van der Waals surface area contributed by atoms with E-state index in [9.17, 15) is 8.42 Å². The summed E-state index contributed by atoms with van der Waals surface area (Å²) >= 11 is 0. The summed E-state index contributed by atoms with van der Waals surface area (Å²) in [4.78, 5) is 5.08. The van der Waals surface area contributed by atoms with E-state index in [0.29, 0.717) is 11.4 Å². The van der Waals surface area contributed by atoms with E-state index < -0.39 is 10.0 Å². The summed E-state index contributed by atoms with van der Waals surface area (Å²) in [5.41, 5.74) is 3.42. The summed E-state index contributed by atoms with van der Waals surface area (Å²) in [6.07, 6.45) is 0. The summed E-state index contributed by atoms with van der Waals surface area (Å²) in [5, 5.41) is 0. The maximum atomic E-state index is 12.6. The number of hydrogen-bond acceptors (Lipinski definition) is 4. The molecule has 1 heterocycles. The lowest BCUT2D eigenvalue weighted by molar-refractivity contribution is 0.129. The molecule has 3 aromatic rings. The second-order valence-corrected chi connectivity index (χ2v) is 9.66. The van der Waals surface area contributed by atoms with Gasteiger partial charge in [0.1, 0.15) is 0 Å². The van der Waals surface area contributed by atoms with E-state index in [1.807, 2.05) is 48.5 Å². The summed E-state index contributed by atoms with van der Waals surface area (Å²) in [6, 6.07) is 27.5. The van der Waals surface area contributed by atoms with Crippen LogP contribution < -0.4 is 4.72 Å². The number of benzene rings is 3. The lowest BCUT2D eigenvalue weighted by Gasteiger charge is -2.34. The van der Waals surface area contributed by atoms with Gasteiger partial charge in [-0.1, -0.05) is 72.8 Å². The smallest absolute Gasteiger partial charge is 0.240 e. The fourth-order valence-corrected chi connectivity index (χ4v) is 4.91. The molecule has 4 rings (SSSR count). The van der Waals surface area contributed by atoms with Crippen LogP contribution in [0.1, 0.15) is 5.56 Å². The van der Waals surface area contributed by atoms with Gasteiger partial charge in [-0.3, -0.25) is 9.80 Å². The van der Waals surface area contributed by atoms with E-state index in [1.165, 1.54) is 5.56 Å². The molecule has 3 aromatic carbocycles. The first-order valence-corrected chi connectivity index (χ1v) is 12.2. The first-order valence-electron chi connectivity index (χ1n) is 10.7. The molecule has 0 radical (unpaired) electrons. The minimum Gasteiger partial charge on any atom is -0.299 e. The van der Waals surface area contributed by atoms with Crippen LogP contribution in [0.25, 0.3) is 11.1 Å². The molecule has 5 nitrogen and oxygen atoms in total. The van der Waals surface area contributed by atoms with Crippen LogP contribution in [0.15, 0.2) is 89.8 Å². The molecule has 0 aliphatic carbocycles. The van der Waals surface area contributed by atoms with Crippen molar-refractivity contribution in [3.05, 3.63) is 90.5 Å². The van der Waals surface area contributed by atoms with Crippen LogP contribution in [0.4, 0.5) is 0 Å². The molecule has 0 aromatic heterocycles. The molecule has 1 aliphatic rings. The number of piperazine rings is 1. The van der Waals surface area contributed by atoms with Crippen LogP contribution in [-0.2, 0) is 16.6 Å². The van der Waals surface area contributed by atoms with Crippen LogP contribution in [-0.4, -0.2) is 57.5 Å². The van der Waals surface area contributed by atoms with Gasteiger partial charge in [0, 0.05) is 45.8 Å². The molecule has 0 amide bonds. The van der Waals surface area contributed by atoms with E-state index in [2.05, 4.69) is 38.8 Å². The minimum atomic E-state index is -3.50. The van der Waals surface area contributed by atoms with Gasteiger partial charge < -0.3 is 0 Å². The van der Waals surface area contributed by atoms with Crippen LogP contribution in [0.5, 0.6) is 0 Å². The molecular weight excluding hydrogens is 406 g/mol. The first-order chi connectivity index (χ1) is 15.1. The Morgan fingerprint density at radius 1 is 0.677 bits per heavy atom. The number of sulfonamides is 1. The number of nitrogens with zero attached hydrogens (tertiary/aromatic N) is 2. The third-order valence-electron chi connectivity index (χ3n) is 5.71. The van der Waals surface area contributed by atoms with Crippen LogP contribution in [0.2, 0.25) is 0 Å². The second kappa shape index (κ2) is 10.2. The molecule has 0 unspecified atom stereocenters. The molecule has 0 bridgehead atoms. The molecule has 0 spiro atoms. The van der Waals surface area contributed by atoms with Gasteiger partial charge in [-0.2, -0.15) is 0 Å². The van der Waals surface area contributed by atoms with Crippen molar-refractivity contribution in [3.63, 3.8) is 0 Å². The van der Waals surface area contributed by atoms with Gasteiger partial charge in [-0.25, -0.2) is 13.1 Å². The molecule has 6 heteroatoms. The largest absolute Gasteiger partial charge is 0.299 e. The number of nitrogens with one attached hydrogen (secondary N) is 1. The van der Waals surface area contributed by atoms with E-state index in [0.717, 1.165) is 50.4 Å². The zero-order valence-corrected chi connectivity index (χ0v) is 18.5. The number of hydrogen-bond donors (Lipinski definition) is 1. The average molecular weight is 436 g/mol. The van der Waals surface area contributed by atoms with Crippen molar-refractivity contribution in [2.45, 2.75) is 11.4 Å². The Labute approximate surface area is 185 Å². The van der Waals surface area contributed by atoms with E-state index in [4.69, 9.17) is 0 Å². The highest BCUT2D eigenvalue weighted by atomic mass is 32.2. The Morgan fingerprint density at radius 2 is 1.23 bits per heavy atom. The average Bonchev–Trinajstić information content (AvgIpc) is 2.81. The Morgan fingerprint density at radius 3 is 1.87 bits per heavy atom. The molecule has 0 saturated carbocycles. The SMILES string of the molecule is O=S(=O)(NCCN1CCN(Cc2ccccc2)CC1)c1ccc(-c2ccccc2)cc1. The fourth-order valence-electron chi connectivity index (χ4n) is 3.89. The lowest BCUT2D eigenvalue weighted by atomic mass is 10.1. The maximum absolute atomic E-state index is 12.6. The third-order valence-corrected chi connectivity index (χ3v) is 7.18. The standard InChI is InChI=1S/C25H29N3O2S/c29-31(30,25-13-11-24(12-14-25)23-9-5-2-6-10-23)26-15-16-27-17-19-28(20-18-27)21-22-7-3-1-4-8-22/h1-14,26H,15-21H2. The zero-order valence-electron chi connectivity index (χ0n) is 17.7.